The molecule has 0 fully saturated rings. The van der Waals surface area contributed by atoms with Crippen LogP contribution in [0.15, 0.2) is 54.9 Å². The Hall–Kier alpha value is -3.74. The Morgan fingerprint density at radius 2 is 2.03 bits per heavy atom. The van der Waals surface area contributed by atoms with Crippen LogP contribution in [0, 0.1) is 0 Å². The van der Waals surface area contributed by atoms with Gasteiger partial charge < -0.3 is 9.64 Å². The van der Waals surface area contributed by atoms with E-state index in [1.165, 1.54) is 5.56 Å². The van der Waals surface area contributed by atoms with Crippen LogP contribution in [0.3, 0.4) is 0 Å². The van der Waals surface area contributed by atoms with Gasteiger partial charge >= 0.3 is 0 Å². The lowest BCUT2D eigenvalue weighted by Gasteiger charge is -2.33. The number of methoxy groups -OCH3 is 1. The third-order valence-corrected chi connectivity index (χ3v) is 5.97. The Kier molecular flexibility index (Phi) is 4.66. The lowest BCUT2D eigenvalue weighted by Crippen LogP contribution is -2.38. The van der Waals surface area contributed by atoms with Crippen LogP contribution in [-0.2, 0) is 13.5 Å². The zero-order valence-electron chi connectivity index (χ0n) is 17.7. The van der Waals surface area contributed by atoms with E-state index in [1.54, 1.807) is 19.5 Å². The van der Waals surface area contributed by atoms with Gasteiger partial charge in [-0.1, -0.05) is 6.07 Å². The van der Waals surface area contributed by atoms with Gasteiger partial charge in [-0.15, -0.1) is 0 Å². The van der Waals surface area contributed by atoms with Crippen molar-refractivity contribution in [3.8, 4) is 17.1 Å². The molecule has 4 heterocycles. The van der Waals surface area contributed by atoms with E-state index in [0.717, 1.165) is 34.3 Å². The van der Waals surface area contributed by atoms with Gasteiger partial charge in [0.05, 0.1) is 30.1 Å². The number of hydrogen-bond donors (Lipinski definition) is 0. The van der Waals surface area contributed by atoms with Crippen molar-refractivity contribution in [2.45, 2.75) is 19.4 Å². The second-order valence-corrected chi connectivity index (χ2v) is 7.76. The number of amides is 1. The van der Waals surface area contributed by atoms with Crippen LogP contribution in [0.25, 0.3) is 22.2 Å². The molecule has 0 radical (unpaired) electrons. The van der Waals surface area contributed by atoms with Crippen LogP contribution in [0.4, 0.5) is 0 Å². The summed E-state index contributed by atoms with van der Waals surface area (Å²) < 4.78 is 7.06. The summed E-state index contributed by atoms with van der Waals surface area (Å²) in [6, 6.07) is 13.3. The average Bonchev–Trinajstić information content (AvgIpc) is 3.15. The number of carbonyl (C=O) groups is 1. The molecular formula is C24H23N5O2. The lowest BCUT2D eigenvalue weighted by atomic mass is 9.95. The van der Waals surface area contributed by atoms with Gasteiger partial charge in [0.2, 0.25) is 5.88 Å². The maximum absolute atomic E-state index is 13.3. The minimum atomic E-state index is -0.119. The molecule has 0 bridgehead atoms. The molecule has 1 aliphatic rings. The molecule has 5 rings (SSSR count). The number of nitrogens with zero attached hydrogens (tertiary/aromatic N) is 5. The van der Waals surface area contributed by atoms with Crippen LogP contribution in [0.1, 0.15) is 34.6 Å². The highest BCUT2D eigenvalue weighted by atomic mass is 16.5. The molecule has 4 aromatic rings. The van der Waals surface area contributed by atoms with Crippen molar-refractivity contribution < 1.29 is 9.53 Å². The maximum atomic E-state index is 13.3. The normalized spacial score (nSPS) is 15.7. The van der Waals surface area contributed by atoms with Crippen molar-refractivity contribution >= 4 is 16.8 Å². The molecule has 3 aromatic heterocycles. The van der Waals surface area contributed by atoms with Gasteiger partial charge in [0.25, 0.3) is 5.91 Å². The van der Waals surface area contributed by atoms with Crippen molar-refractivity contribution in [2.24, 2.45) is 7.05 Å². The highest BCUT2D eigenvalue weighted by Gasteiger charge is 2.33. The van der Waals surface area contributed by atoms with Crippen LogP contribution in [0.5, 0.6) is 5.88 Å². The van der Waals surface area contributed by atoms with Gasteiger partial charge in [-0.05, 0) is 43.7 Å². The van der Waals surface area contributed by atoms with Crippen molar-refractivity contribution in [3.05, 3.63) is 71.7 Å². The first-order valence-corrected chi connectivity index (χ1v) is 10.3. The molecule has 0 saturated carbocycles. The number of fused-ring (bicyclic) bond motifs is 2. The maximum Gasteiger partial charge on any atom is 0.254 e. The molecule has 0 aliphatic carbocycles. The first-order chi connectivity index (χ1) is 15.1. The Morgan fingerprint density at radius 1 is 1.16 bits per heavy atom. The van der Waals surface area contributed by atoms with E-state index in [4.69, 9.17) is 9.84 Å². The summed E-state index contributed by atoms with van der Waals surface area (Å²) in [6.07, 6.45) is 4.31. The fourth-order valence-corrected chi connectivity index (χ4v) is 4.40. The number of aryl methyl sites for hydroxylation is 1. The smallest absolute Gasteiger partial charge is 0.254 e. The molecule has 1 aromatic carbocycles. The van der Waals surface area contributed by atoms with E-state index in [0.29, 0.717) is 18.0 Å². The summed E-state index contributed by atoms with van der Waals surface area (Å²) >= 11 is 0. The molecule has 1 amide bonds. The molecule has 1 atom stereocenters. The monoisotopic (exact) mass is 413 g/mol. The molecular weight excluding hydrogens is 390 g/mol. The summed E-state index contributed by atoms with van der Waals surface area (Å²) in [5, 5.41) is 5.74. The highest BCUT2D eigenvalue weighted by molar-refractivity contribution is 5.98. The first-order valence-electron chi connectivity index (χ1n) is 10.3. The van der Waals surface area contributed by atoms with Crippen LogP contribution in [0.2, 0.25) is 0 Å². The van der Waals surface area contributed by atoms with E-state index in [-0.39, 0.29) is 11.9 Å². The van der Waals surface area contributed by atoms with Crippen LogP contribution < -0.4 is 4.74 Å². The first kappa shape index (κ1) is 19.2. The number of hydrogen-bond acceptors (Lipinski definition) is 5. The molecule has 0 N–H and O–H groups in total. The number of pyridine rings is 2. The number of benzene rings is 1. The predicted molar refractivity (Wildman–Crippen MR) is 118 cm³/mol. The molecule has 156 valence electrons. The van der Waals surface area contributed by atoms with Gasteiger partial charge in [-0.25, -0.2) is 4.98 Å². The fourth-order valence-electron chi connectivity index (χ4n) is 4.40. The number of ether oxygens (including phenoxy) is 1. The summed E-state index contributed by atoms with van der Waals surface area (Å²) in [4.78, 5) is 23.9. The molecule has 1 aliphatic heterocycles. The Balaban J connectivity index is 1.47. The topological polar surface area (TPSA) is 73.1 Å². The van der Waals surface area contributed by atoms with E-state index in [2.05, 4.69) is 9.97 Å². The Bertz CT molecular complexity index is 1280. The average molecular weight is 413 g/mol. The van der Waals surface area contributed by atoms with Crippen molar-refractivity contribution in [1.29, 1.82) is 0 Å². The molecule has 7 nitrogen and oxygen atoms in total. The third-order valence-electron chi connectivity index (χ3n) is 5.97. The van der Waals surface area contributed by atoms with Gasteiger partial charge in [0, 0.05) is 54.1 Å². The number of aromatic nitrogens is 4. The highest BCUT2D eigenvalue weighted by Crippen LogP contribution is 2.36. The van der Waals surface area contributed by atoms with Crippen molar-refractivity contribution in [3.63, 3.8) is 0 Å². The molecule has 31 heavy (non-hydrogen) atoms. The quantitative estimate of drug-likeness (QED) is 0.511. The van der Waals surface area contributed by atoms with Crippen LogP contribution >= 0.6 is 0 Å². The fraction of sp³-hybridized carbons (Fsp3) is 0.250. The largest absolute Gasteiger partial charge is 0.481 e. The van der Waals surface area contributed by atoms with E-state index in [9.17, 15) is 4.79 Å². The summed E-state index contributed by atoms with van der Waals surface area (Å²) in [7, 11) is 3.54. The minimum Gasteiger partial charge on any atom is -0.481 e. The lowest BCUT2D eigenvalue weighted by molar-refractivity contribution is 0.0674. The summed E-state index contributed by atoms with van der Waals surface area (Å²) in [5.74, 6) is 0.595. The summed E-state index contributed by atoms with van der Waals surface area (Å²) in [6.45, 7) is 2.68. The van der Waals surface area contributed by atoms with Crippen molar-refractivity contribution in [1.82, 2.24) is 24.6 Å². The second kappa shape index (κ2) is 7.50. The Morgan fingerprint density at radius 3 is 2.81 bits per heavy atom. The summed E-state index contributed by atoms with van der Waals surface area (Å²) in [5.41, 5.74) is 5.71. The second-order valence-electron chi connectivity index (χ2n) is 7.76. The Labute approximate surface area is 180 Å². The molecule has 0 spiro atoms. The number of carbonyl (C=O) groups excluding carboxylic acids is 1. The molecule has 0 saturated heterocycles. The van der Waals surface area contributed by atoms with Gasteiger partial charge in [-0.3, -0.25) is 14.5 Å². The zero-order valence-corrected chi connectivity index (χ0v) is 17.7. The zero-order chi connectivity index (χ0) is 21.5. The number of rotatable bonds is 3. The third kappa shape index (κ3) is 3.22. The van der Waals surface area contributed by atoms with Gasteiger partial charge in [0.1, 0.15) is 0 Å². The van der Waals surface area contributed by atoms with Crippen molar-refractivity contribution in [2.75, 3.05) is 13.7 Å². The van der Waals surface area contributed by atoms with E-state index in [1.807, 2.05) is 66.0 Å². The van der Waals surface area contributed by atoms with E-state index < -0.39 is 0 Å². The van der Waals surface area contributed by atoms with E-state index >= 15 is 0 Å². The van der Waals surface area contributed by atoms with Gasteiger partial charge in [-0.2, -0.15) is 5.10 Å². The molecule has 7 heteroatoms. The van der Waals surface area contributed by atoms with Gasteiger partial charge in [0.15, 0.2) is 0 Å². The van der Waals surface area contributed by atoms with Crippen LogP contribution in [-0.4, -0.2) is 44.2 Å². The SMILES string of the molecule is COc1ccc(-c2c3c(nn2C)[C@H](C)N(C(=O)c2ccc4ncccc4c2)CC3)cn1. The predicted octanol–water partition coefficient (Wildman–Crippen LogP) is 3.80. The standard InChI is InChI=1S/C24H23N5O2/c1-15-22-19(23(28(2)27-22)18-7-9-21(31-3)26-14-18)10-12-29(15)24(30)17-6-8-20-16(13-17)5-4-11-25-20/h4-9,11,13-15H,10,12H2,1-3H3/t15-/m0/s1. The minimum absolute atomic E-state index is 0.0159. The molecule has 0 unspecified atom stereocenters.